The molecule has 1 N–H and O–H groups in total. The summed E-state index contributed by atoms with van der Waals surface area (Å²) in [5.74, 6) is 2.77. The van der Waals surface area contributed by atoms with Crippen molar-refractivity contribution in [3.05, 3.63) is 6.20 Å². The van der Waals surface area contributed by atoms with Gasteiger partial charge in [0.15, 0.2) is 10.8 Å². The maximum Gasteiger partial charge on any atom is 0.220 e. The molecule has 7 nitrogen and oxygen atoms in total. The fourth-order valence-corrected chi connectivity index (χ4v) is 5.40. The number of aromatic nitrogens is 4. The quantitative estimate of drug-likeness (QED) is 0.456. The Bertz CT molecular complexity index is 857. The summed E-state index contributed by atoms with van der Waals surface area (Å²) in [6, 6.07) is 0. The predicted octanol–water partition coefficient (Wildman–Crippen LogP) is 4.41. The average molecular weight is 445 g/mol. The van der Waals surface area contributed by atoms with Crippen molar-refractivity contribution in [2.45, 2.75) is 82.8 Å². The van der Waals surface area contributed by atoms with Gasteiger partial charge in [0.05, 0.1) is 18.1 Å². The number of amides is 1. The molecule has 2 aliphatic rings. The molecule has 0 radical (unpaired) electrons. The van der Waals surface area contributed by atoms with Crippen LogP contribution in [0, 0.1) is 5.92 Å². The Morgan fingerprint density at radius 1 is 1.13 bits per heavy atom. The molecule has 31 heavy (non-hydrogen) atoms. The Hall–Kier alpha value is -1.83. The van der Waals surface area contributed by atoms with E-state index in [0.29, 0.717) is 25.4 Å². The van der Waals surface area contributed by atoms with Gasteiger partial charge in [0.2, 0.25) is 5.91 Å². The zero-order valence-electron chi connectivity index (χ0n) is 18.8. The van der Waals surface area contributed by atoms with Crippen LogP contribution in [0.3, 0.4) is 0 Å². The summed E-state index contributed by atoms with van der Waals surface area (Å²) >= 11 is 1.71. The predicted molar refractivity (Wildman–Crippen MR) is 127 cm³/mol. The molecule has 1 amide bonds. The first-order valence-corrected chi connectivity index (χ1v) is 13.1. The van der Waals surface area contributed by atoms with Gasteiger partial charge >= 0.3 is 0 Å². The summed E-state index contributed by atoms with van der Waals surface area (Å²) in [6.07, 6.45) is 13.6. The van der Waals surface area contributed by atoms with Crippen LogP contribution in [0.4, 0.5) is 5.82 Å². The van der Waals surface area contributed by atoms with Crippen LogP contribution >= 0.6 is 11.8 Å². The van der Waals surface area contributed by atoms with Crippen molar-refractivity contribution in [1.29, 1.82) is 0 Å². The van der Waals surface area contributed by atoms with Gasteiger partial charge in [0.25, 0.3) is 0 Å². The van der Waals surface area contributed by atoms with Crippen molar-refractivity contribution in [3.8, 4) is 0 Å². The molecule has 2 aromatic rings. The lowest BCUT2D eigenvalue weighted by molar-refractivity contribution is -0.122. The van der Waals surface area contributed by atoms with E-state index in [0.717, 1.165) is 47.3 Å². The highest BCUT2D eigenvalue weighted by Gasteiger charge is 2.20. The molecule has 2 aromatic heterocycles. The Kier molecular flexibility index (Phi) is 8.05. The van der Waals surface area contributed by atoms with Gasteiger partial charge in [-0.05, 0) is 44.4 Å². The Morgan fingerprint density at radius 3 is 2.68 bits per heavy atom. The molecule has 1 saturated carbocycles. The van der Waals surface area contributed by atoms with E-state index >= 15 is 0 Å². The molecule has 0 bridgehead atoms. The van der Waals surface area contributed by atoms with Crippen LogP contribution in [0.15, 0.2) is 11.4 Å². The Labute approximate surface area is 189 Å². The molecular formula is C23H36N6OS. The van der Waals surface area contributed by atoms with Crippen molar-refractivity contribution < 1.29 is 4.79 Å². The number of hydrogen-bond donors (Lipinski definition) is 1. The van der Waals surface area contributed by atoms with Crippen LogP contribution in [0.1, 0.15) is 71.1 Å². The van der Waals surface area contributed by atoms with Crippen LogP contribution < -0.4 is 10.2 Å². The van der Waals surface area contributed by atoms with Gasteiger partial charge in [-0.15, -0.1) is 0 Å². The molecular weight excluding hydrogens is 408 g/mol. The van der Waals surface area contributed by atoms with E-state index in [1.54, 1.807) is 11.8 Å². The van der Waals surface area contributed by atoms with Crippen LogP contribution in [0.2, 0.25) is 0 Å². The smallest absolute Gasteiger partial charge is 0.220 e. The lowest BCUT2D eigenvalue weighted by atomic mass is 9.87. The molecule has 2 fully saturated rings. The van der Waals surface area contributed by atoms with Crippen molar-refractivity contribution in [2.24, 2.45) is 5.92 Å². The monoisotopic (exact) mass is 444 g/mol. The third kappa shape index (κ3) is 5.90. The van der Waals surface area contributed by atoms with Gasteiger partial charge in [0, 0.05) is 31.8 Å². The van der Waals surface area contributed by atoms with E-state index in [9.17, 15) is 4.79 Å². The van der Waals surface area contributed by atoms with Gasteiger partial charge in [-0.3, -0.25) is 4.79 Å². The fraction of sp³-hybridized carbons (Fsp3) is 0.739. The average Bonchev–Trinajstić information content (AvgIpc) is 3.21. The van der Waals surface area contributed by atoms with Crippen LogP contribution in [0.25, 0.3) is 11.0 Å². The largest absolute Gasteiger partial charge is 0.356 e. The maximum atomic E-state index is 12.4. The minimum absolute atomic E-state index is 0.172. The first-order valence-electron chi connectivity index (χ1n) is 12.1. The summed E-state index contributed by atoms with van der Waals surface area (Å²) in [5, 5.41) is 9.57. The van der Waals surface area contributed by atoms with Crippen molar-refractivity contribution >= 4 is 34.5 Å². The lowest BCUT2D eigenvalue weighted by Crippen LogP contribution is -2.30. The lowest BCUT2D eigenvalue weighted by Gasteiger charge is -2.28. The molecule has 8 heteroatoms. The van der Waals surface area contributed by atoms with Gasteiger partial charge in [0.1, 0.15) is 5.82 Å². The second-order valence-corrected chi connectivity index (χ2v) is 9.95. The number of nitrogens with zero attached hydrogens (tertiary/aromatic N) is 5. The molecule has 1 aliphatic carbocycles. The number of carbonyl (C=O) groups is 1. The summed E-state index contributed by atoms with van der Waals surface area (Å²) in [5.41, 5.74) is 0.885. The first kappa shape index (κ1) is 22.4. The van der Waals surface area contributed by atoms with E-state index in [1.165, 1.54) is 51.4 Å². The minimum atomic E-state index is 0.172. The number of rotatable bonds is 9. The molecule has 3 heterocycles. The second kappa shape index (κ2) is 11.2. The second-order valence-electron chi connectivity index (χ2n) is 8.89. The SMILES string of the molecule is CCCSc1nc(N2CCCCC2)c2cnn(CCNC(=O)CC3CCCCC3)c2n1. The molecule has 1 aliphatic heterocycles. The van der Waals surface area contributed by atoms with Crippen LogP contribution in [0.5, 0.6) is 0 Å². The van der Waals surface area contributed by atoms with E-state index in [1.807, 2.05) is 10.9 Å². The highest BCUT2D eigenvalue weighted by Crippen LogP contribution is 2.29. The van der Waals surface area contributed by atoms with Crippen molar-refractivity contribution in [1.82, 2.24) is 25.1 Å². The first-order chi connectivity index (χ1) is 15.2. The summed E-state index contributed by atoms with van der Waals surface area (Å²) in [4.78, 5) is 24.5. The van der Waals surface area contributed by atoms with Gasteiger partial charge in [-0.1, -0.05) is 37.9 Å². The number of fused-ring (bicyclic) bond motifs is 1. The maximum absolute atomic E-state index is 12.4. The molecule has 1 saturated heterocycles. The highest BCUT2D eigenvalue weighted by atomic mass is 32.2. The van der Waals surface area contributed by atoms with Crippen molar-refractivity contribution in [2.75, 3.05) is 30.3 Å². The number of thioether (sulfide) groups is 1. The third-order valence-corrected chi connectivity index (χ3v) is 7.44. The standard InChI is InChI=1S/C23H36N6OS/c1-2-15-31-23-26-21(28-12-7-4-8-13-28)19-17-25-29(22(19)27-23)14-11-24-20(30)16-18-9-5-3-6-10-18/h17-18H,2-16H2,1H3,(H,24,30). The summed E-state index contributed by atoms with van der Waals surface area (Å²) < 4.78 is 1.93. The molecule has 0 aromatic carbocycles. The Balaban J connectivity index is 1.44. The highest BCUT2D eigenvalue weighted by molar-refractivity contribution is 7.99. The number of hydrogen-bond acceptors (Lipinski definition) is 6. The number of carbonyl (C=O) groups excluding carboxylic acids is 1. The van der Waals surface area contributed by atoms with Crippen molar-refractivity contribution in [3.63, 3.8) is 0 Å². The topological polar surface area (TPSA) is 75.9 Å². The number of piperidine rings is 1. The Morgan fingerprint density at radius 2 is 1.90 bits per heavy atom. The molecule has 4 rings (SSSR count). The number of anilines is 1. The molecule has 0 atom stereocenters. The molecule has 0 spiro atoms. The normalized spacial score (nSPS) is 17.9. The number of nitrogens with one attached hydrogen (secondary N) is 1. The van der Waals surface area contributed by atoms with Crippen LogP contribution in [-0.4, -0.2) is 51.0 Å². The zero-order valence-corrected chi connectivity index (χ0v) is 19.6. The third-order valence-electron chi connectivity index (χ3n) is 6.39. The van der Waals surface area contributed by atoms with E-state index < -0.39 is 0 Å². The fourth-order valence-electron chi connectivity index (χ4n) is 4.72. The van der Waals surface area contributed by atoms with Gasteiger partial charge < -0.3 is 10.2 Å². The van der Waals surface area contributed by atoms with Crippen LogP contribution in [-0.2, 0) is 11.3 Å². The zero-order chi connectivity index (χ0) is 21.5. The minimum Gasteiger partial charge on any atom is -0.356 e. The van der Waals surface area contributed by atoms with E-state index in [2.05, 4.69) is 22.2 Å². The van der Waals surface area contributed by atoms with E-state index in [4.69, 9.17) is 9.97 Å². The molecule has 170 valence electrons. The van der Waals surface area contributed by atoms with E-state index in [-0.39, 0.29) is 5.91 Å². The molecule has 0 unspecified atom stereocenters. The summed E-state index contributed by atoms with van der Waals surface area (Å²) in [6.45, 7) is 5.49. The van der Waals surface area contributed by atoms with Gasteiger partial charge in [-0.2, -0.15) is 5.10 Å². The van der Waals surface area contributed by atoms with Gasteiger partial charge in [-0.25, -0.2) is 14.6 Å². The summed E-state index contributed by atoms with van der Waals surface area (Å²) in [7, 11) is 0.